The van der Waals surface area contributed by atoms with Crippen LogP contribution >= 0.6 is 0 Å². The van der Waals surface area contributed by atoms with Crippen molar-refractivity contribution >= 4 is 25.8 Å². The average Bonchev–Trinajstić information content (AvgIpc) is 1.36. The van der Waals surface area contributed by atoms with Gasteiger partial charge in [-0.2, -0.15) is 4.39 Å². The first-order valence-electron chi connectivity index (χ1n) is 1.22. The van der Waals surface area contributed by atoms with E-state index in [1.807, 2.05) is 0 Å². The first-order chi connectivity index (χ1) is 2.64. The van der Waals surface area contributed by atoms with Gasteiger partial charge >= 0.3 is 25.8 Å². The van der Waals surface area contributed by atoms with Crippen LogP contribution in [-0.2, 0) is 4.79 Å². The van der Waals surface area contributed by atoms with Crippen LogP contribution < -0.4 is 0 Å². The summed E-state index contributed by atoms with van der Waals surface area (Å²) in [6.07, 6.45) is 0. The van der Waals surface area contributed by atoms with Crippen molar-refractivity contribution in [3.8, 4) is 0 Å². The van der Waals surface area contributed by atoms with E-state index in [1.165, 1.54) is 0 Å². The maximum atomic E-state index is 11.0. The summed E-state index contributed by atoms with van der Waals surface area (Å²) in [6, 6.07) is 0. The van der Waals surface area contributed by atoms with Crippen molar-refractivity contribution in [1.29, 1.82) is 0 Å². The van der Waals surface area contributed by atoms with E-state index in [-0.39, 0.29) is 19.8 Å². The quantitative estimate of drug-likeness (QED) is 0.412. The molecular formula is C3H6FGaO2. The van der Waals surface area contributed by atoms with Gasteiger partial charge in [0.05, 0.1) is 0 Å². The second kappa shape index (κ2) is 3.95. The Kier molecular flexibility index (Phi) is 5.59. The molecule has 0 aliphatic carbocycles. The van der Waals surface area contributed by atoms with Gasteiger partial charge in [0.25, 0.3) is 0 Å². The summed E-state index contributed by atoms with van der Waals surface area (Å²) >= 11 is 0. The average molecular weight is 163 g/mol. The van der Waals surface area contributed by atoms with Crippen LogP contribution in [-0.4, -0.2) is 30.9 Å². The van der Waals surface area contributed by atoms with Gasteiger partial charge in [-0.25, -0.2) is 4.79 Å². The first-order valence-corrected chi connectivity index (χ1v) is 1.22. The third-order valence-electron chi connectivity index (χ3n) is 0.232. The molecule has 40 valence electrons. The Balaban J connectivity index is 0. The van der Waals surface area contributed by atoms with Crippen molar-refractivity contribution in [2.24, 2.45) is 0 Å². The van der Waals surface area contributed by atoms with E-state index in [0.29, 0.717) is 0 Å². The van der Waals surface area contributed by atoms with E-state index in [9.17, 15) is 9.18 Å². The van der Waals surface area contributed by atoms with Gasteiger partial charge in [-0.15, -0.1) is 0 Å². The maximum absolute atomic E-state index is 11.0. The Hall–Kier alpha value is -0.224. The topological polar surface area (TPSA) is 37.3 Å². The number of halogens is 1. The molecule has 0 unspecified atom stereocenters. The number of aliphatic carboxylic acids is 1. The summed E-state index contributed by atoms with van der Waals surface area (Å²) in [5.74, 6) is -2.93. The van der Waals surface area contributed by atoms with Crippen LogP contribution in [0.2, 0.25) is 0 Å². The second-order valence-electron chi connectivity index (χ2n) is 0.710. The van der Waals surface area contributed by atoms with Crippen LogP contribution in [0.4, 0.5) is 4.39 Å². The summed E-state index contributed by atoms with van der Waals surface area (Å²) < 4.78 is 11.0. The second-order valence-corrected chi connectivity index (χ2v) is 0.710. The molecule has 0 aromatic rings. The van der Waals surface area contributed by atoms with Crippen molar-refractivity contribution in [3.63, 3.8) is 0 Å². The number of carbonyl (C=O) groups is 1. The van der Waals surface area contributed by atoms with Crippen molar-refractivity contribution < 1.29 is 14.3 Å². The molecule has 1 N–H and O–H groups in total. The molecule has 0 rings (SSSR count). The van der Waals surface area contributed by atoms with E-state index in [1.54, 1.807) is 0 Å². The van der Waals surface area contributed by atoms with Gasteiger partial charge in [-0.3, -0.25) is 0 Å². The molecule has 0 radical (unpaired) electrons. The van der Waals surface area contributed by atoms with Crippen LogP contribution in [0.5, 0.6) is 0 Å². The van der Waals surface area contributed by atoms with Crippen LogP contribution in [0.15, 0.2) is 12.4 Å². The molecular weight excluding hydrogens is 157 g/mol. The van der Waals surface area contributed by atoms with Crippen molar-refractivity contribution in [3.05, 3.63) is 12.4 Å². The SMILES string of the molecule is C=C(F)C(=O)O.[GaH3]. The van der Waals surface area contributed by atoms with Gasteiger partial charge in [-0.05, 0) is 0 Å². The van der Waals surface area contributed by atoms with E-state index in [2.05, 4.69) is 6.58 Å². The monoisotopic (exact) mass is 162 g/mol. The van der Waals surface area contributed by atoms with Crippen LogP contribution in [0.3, 0.4) is 0 Å². The summed E-state index contributed by atoms with van der Waals surface area (Å²) in [7, 11) is 0. The standard InChI is InChI=1S/C3H3FO2.Ga.3H/c1-2(4)3(5)6;;;;/h1H2,(H,5,6);;;;. The molecule has 2 nitrogen and oxygen atoms in total. The molecule has 0 heterocycles. The van der Waals surface area contributed by atoms with Gasteiger partial charge in [0.15, 0.2) is 0 Å². The Labute approximate surface area is 53.1 Å². The predicted octanol–water partition coefficient (Wildman–Crippen LogP) is -0.630. The van der Waals surface area contributed by atoms with Gasteiger partial charge < -0.3 is 5.11 Å². The van der Waals surface area contributed by atoms with Crippen LogP contribution in [0.25, 0.3) is 0 Å². The molecule has 0 saturated heterocycles. The molecule has 0 amide bonds. The number of hydrogen-bond acceptors (Lipinski definition) is 1. The molecule has 0 spiro atoms. The number of carboxylic acids is 1. The Bertz CT molecular complexity index is 78.9. The summed E-state index contributed by atoms with van der Waals surface area (Å²) in [4.78, 5) is 9.22. The normalized spacial score (nSPS) is 6.43. The molecule has 0 saturated carbocycles. The van der Waals surface area contributed by atoms with Crippen LogP contribution in [0.1, 0.15) is 0 Å². The minimum absolute atomic E-state index is 0. The van der Waals surface area contributed by atoms with Crippen molar-refractivity contribution in [2.75, 3.05) is 0 Å². The van der Waals surface area contributed by atoms with Gasteiger partial charge in [-0.1, -0.05) is 6.58 Å². The molecule has 0 aliphatic rings. The molecule has 0 bridgehead atoms. The number of rotatable bonds is 1. The summed E-state index contributed by atoms with van der Waals surface area (Å²) in [6.45, 7) is 2.49. The zero-order chi connectivity index (χ0) is 5.15. The van der Waals surface area contributed by atoms with Gasteiger partial charge in [0, 0.05) is 0 Å². The number of carboxylic acid groups (broad SMARTS) is 1. The zero-order valence-corrected chi connectivity index (χ0v) is 2.94. The Morgan fingerprint density at radius 2 is 1.86 bits per heavy atom. The van der Waals surface area contributed by atoms with E-state index >= 15 is 0 Å². The van der Waals surface area contributed by atoms with Crippen molar-refractivity contribution in [1.82, 2.24) is 0 Å². The fraction of sp³-hybridized carbons (Fsp3) is 0. The minimum atomic E-state index is -1.60. The first kappa shape index (κ1) is 9.91. The van der Waals surface area contributed by atoms with Crippen LogP contribution in [0, 0.1) is 0 Å². The fourth-order valence-electron chi connectivity index (χ4n) is 0. The fourth-order valence-corrected chi connectivity index (χ4v) is 0. The number of hydrogen-bond donors (Lipinski definition) is 1. The summed E-state index contributed by atoms with van der Waals surface area (Å²) in [5.41, 5.74) is 0. The van der Waals surface area contributed by atoms with Crippen molar-refractivity contribution in [2.45, 2.75) is 0 Å². The van der Waals surface area contributed by atoms with E-state index < -0.39 is 11.8 Å². The van der Waals surface area contributed by atoms with Gasteiger partial charge in [0.2, 0.25) is 5.83 Å². The zero-order valence-electron chi connectivity index (χ0n) is 2.94. The third kappa shape index (κ3) is 5.78. The summed E-state index contributed by atoms with van der Waals surface area (Å²) in [5, 5.41) is 7.52. The molecule has 0 aromatic carbocycles. The molecule has 0 aliphatic heterocycles. The third-order valence-corrected chi connectivity index (χ3v) is 0.232. The Morgan fingerprint density at radius 1 is 1.71 bits per heavy atom. The van der Waals surface area contributed by atoms with Gasteiger partial charge in [0.1, 0.15) is 0 Å². The molecule has 4 heteroatoms. The molecule has 7 heavy (non-hydrogen) atoms. The predicted molar refractivity (Wildman–Crippen MR) is 27.8 cm³/mol. The molecule has 0 atom stereocenters. The molecule has 0 fully saturated rings. The van der Waals surface area contributed by atoms with E-state index in [0.717, 1.165) is 0 Å². The molecule has 0 aromatic heterocycles. The Morgan fingerprint density at radius 3 is 1.86 bits per heavy atom. The van der Waals surface area contributed by atoms with E-state index in [4.69, 9.17) is 5.11 Å².